The number of benzene rings is 1. The molecule has 0 aliphatic carbocycles. The molecule has 0 radical (unpaired) electrons. The normalized spacial score (nSPS) is 12.0. The van der Waals surface area contributed by atoms with Crippen molar-refractivity contribution >= 4 is 27.9 Å². The van der Waals surface area contributed by atoms with Gasteiger partial charge in [0.2, 0.25) is 16.0 Å². The molecule has 0 aliphatic heterocycles. The van der Waals surface area contributed by atoms with E-state index in [4.69, 9.17) is 30.9 Å². The number of halogens is 3. The van der Waals surface area contributed by atoms with Gasteiger partial charge in [-0.2, -0.15) is 13.2 Å². The van der Waals surface area contributed by atoms with Gasteiger partial charge in [0.1, 0.15) is 18.4 Å². The van der Waals surface area contributed by atoms with Gasteiger partial charge in [-0.1, -0.05) is 25.5 Å². The molecule has 7 N–H and O–H groups in total. The predicted molar refractivity (Wildman–Crippen MR) is 119 cm³/mol. The van der Waals surface area contributed by atoms with Gasteiger partial charge in [0.05, 0.1) is 12.4 Å². The van der Waals surface area contributed by atoms with Crippen LogP contribution in [-0.4, -0.2) is 67.7 Å². The molecular formula is C19H29F3N4O8S. The minimum Gasteiger partial charge on any atom is -0.493 e. The fourth-order valence-electron chi connectivity index (χ4n) is 2.18. The van der Waals surface area contributed by atoms with Gasteiger partial charge in [-0.15, -0.1) is 0 Å². The molecule has 0 aliphatic rings. The summed E-state index contributed by atoms with van der Waals surface area (Å²) in [5.41, 5.74) is 10.9. The molecular weight excluding hydrogens is 501 g/mol. The van der Waals surface area contributed by atoms with Gasteiger partial charge >= 0.3 is 18.1 Å². The monoisotopic (exact) mass is 530 g/mol. The van der Waals surface area contributed by atoms with Crippen LogP contribution in [0, 0.1) is 0 Å². The molecule has 0 aromatic heterocycles. The molecule has 0 heterocycles. The first kappa shape index (κ1) is 31.7. The van der Waals surface area contributed by atoms with Crippen LogP contribution in [0.3, 0.4) is 0 Å². The van der Waals surface area contributed by atoms with Crippen molar-refractivity contribution in [3.05, 3.63) is 29.8 Å². The molecule has 16 heteroatoms. The molecule has 0 saturated carbocycles. The van der Waals surface area contributed by atoms with E-state index in [1.807, 2.05) is 6.92 Å². The zero-order chi connectivity index (χ0) is 27.1. The van der Waals surface area contributed by atoms with Crippen molar-refractivity contribution in [1.29, 1.82) is 0 Å². The van der Waals surface area contributed by atoms with Crippen molar-refractivity contribution in [3.63, 3.8) is 0 Å². The van der Waals surface area contributed by atoms with E-state index in [-0.39, 0.29) is 18.1 Å². The summed E-state index contributed by atoms with van der Waals surface area (Å²) in [6.45, 7) is 2.55. The molecule has 0 spiro atoms. The highest BCUT2D eigenvalue weighted by atomic mass is 32.2. The number of rotatable bonds is 14. The molecule has 0 amide bonds. The van der Waals surface area contributed by atoms with Gasteiger partial charge in [-0.25, -0.2) is 17.9 Å². The Morgan fingerprint density at radius 2 is 1.69 bits per heavy atom. The number of hydrogen-bond acceptors (Lipinski definition) is 7. The molecule has 0 saturated heterocycles. The van der Waals surface area contributed by atoms with Gasteiger partial charge < -0.3 is 31.3 Å². The van der Waals surface area contributed by atoms with Crippen molar-refractivity contribution in [2.24, 2.45) is 16.6 Å². The Balaban J connectivity index is 0.00000143. The maximum absolute atomic E-state index is 12.0. The van der Waals surface area contributed by atoms with E-state index in [2.05, 4.69) is 9.88 Å². The standard InChI is InChI=1S/C17H28N4O6S.C2HF3O2/c1-2-3-11-28(24,25)21-15(16(22)23)12-13-5-7-14(8-6-13)26-9-4-10-27-20-17(18)19;3-2(4,5)1(6)7/h5-8,15,21H,2-4,9-12H2,1H3,(H,22,23)(H4,18,19,20);(H,6,7)/t15-;/m0./s1. The van der Waals surface area contributed by atoms with Gasteiger partial charge in [-0.05, 0) is 35.7 Å². The van der Waals surface area contributed by atoms with Crippen LogP contribution in [0.4, 0.5) is 13.2 Å². The number of unbranched alkanes of at least 4 members (excludes halogenated alkanes) is 1. The lowest BCUT2D eigenvalue weighted by atomic mass is 10.1. The van der Waals surface area contributed by atoms with Crippen LogP contribution in [0.1, 0.15) is 31.7 Å². The number of carboxylic acids is 2. The number of guanidine groups is 1. The van der Waals surface area contributed by atoms with Gasteiger partial charge in [-0.3, -0.25) is 4.79 Å². The van der Waals surface area contributed by atoms with Crippen molar-refractivity contribution in [2.75, 3.05) is 19.0 Å². The molecule has 0 unspecified atom stereocenters. The summed E-state index contributed by atoms with van der Waals surface area (Å²) in [5.74, 6) is -3.62. The summed E-state index contributed by atoms with van der Waals surface area (Å²) in [7, 11) is -3.63. The Morgan fingerprint density at radius 1 is 1.11 bits per heavy atom. The maximum atomic E-state index is 12.0. The van der Waals surface area contributed by atoms with Crippen LogP contribution >= 0.6 is 0 Å². The summed E-state index contributed by atoms with van der Waals surface area (Å²) >= 11 is 0. The van der Waals surface area contributed by atoms with E-state index in [0.29, 0.717) is 43.8 Å². The largest absolute Gasteiger partial charge is 0.493 e. The molecule has 200 valence electrons. The second kappa shape index (κ2) is 15.6. The first-order chi connectivity index (χ1) is 16.2. The van der Waals surface area contributed by atoms with Crippen molar-refractivity contribution < 1.29 is 51.0 Å². The number of nitrogens with two attached hydrogens (primary N) is 2. The number of ether oxygens (including phenoxy) is 1. The second-order valence-corrected chi connectivity index (χ2v) is 8.76. The number of nitrogens with one attached hydrogen (secondary N) is 1. The number of nitrogens with zero attached hydrogens (tertiary/aromatic N) is 1. The van der Waals surface area contributed by atoms with Crippen LogP contribution in [0.5, 0.6) is 5.75 Å². The maximum Gasteiger partial charge on any atom is 0.490 e. The molecule has 35 heavy (non-hydrogen) atoms. The summed E-state index contributed by atoms with van der Waals surface area (Å²) in [5, 5.41) is 19.8. The summed E-state index contributed by atoms with van der Waals surface area (Å²) < 4.78 is 63.4. The third-order valence-corrected chi connectivity index (χ3v) is 5.28. The number of hydrogen-bond donors (Lipinski definition) is 5. The van der Waals surface area contributed by atoms with E-state index in [1.165, 1.54) is 0 Å². The molecule has 0 bridgehead atoms. The van der Waals surface area contributed by atoms with Crippen molar-refractivity contribution in [1.82, 2.24) is 4.72 Å². The van der Waals surface area contributed by atoms with E-state index in [1.54, 1.807) is 24.3 Å². The summed E-state index contributed by atoms with van der Waals surface area (Å²) in [4.78, 5) is 25.1. The number of oxime groups is 1. The Morgan fingerprint density at radius 3 is 2.14 bits per heavy atom. The molecule has 1 rings (SSSR count). The Labute approximate surface area is 200 Å². The zero-order valence-electron chi connectivity index (χ0n) is 18.8. The Kier molecular flexibility index (Phi) is 14.1. The van der Waals surface area contributed by atoms with Gasteiger partial charge in [0.15, 0.2) is 0 Å². The number of carbonyl (C=O) groups is 2. The molecule has 1 atom stereocenters. The predicted octanol–water partition coefficient (Wildman–Crippen LogP) is 1.01. The lowest BCUT2D eigenvalue weighted by molar-refractivity contribution is -0.192. The van der Waals surface area contributed by atoms with Gasteiger partial charge in [0, 0.05) is 6.42 Å². The minimum absolute atomic E-state index is 0.0350. The molecule has 1 aromatic rings. The summed E-state index contributed by atoms with van der Waals surface area (Å²) in [6, 6.07) is 5.55. The van der Waals surface area contributed by atoms with Gasteiger partial charge in [0.25, 0.3) is 0 Å². The highest BCUT2D eigenvalue weighted by Gasteiger charge is 2.38. The zero-order valence-corrected chi connectivity index (χ0v) is 19.6. The third kappa shape index (κ3) is 16.1. The van der Waals surface area contributed by atoms with Crippen LogP contribution in [-0.2, 0) is 30.9 Å². The van der Waals surface area contributed by atoms with Crippen LogP contribution in [0.2, 0.25) is 0 Å². The molecule has 12 nitrogen and oxygen atoms in total. The fourth-order valence-corrected chi connectivity index (χ4v) is 3.58. The Bertz CT molecular complexity index is 921. The lowest BCUT2D eigenvalue weighted by Crippen LogP contribution is -2.43. The fraction of sp³-hybridized carbons (Fsp3) is 0.526. The van der Waals surface area contributed by atoms with E-state index in [9.17, 15) is 31.5 Å². The number of sulfonamides is 1. The highest BCUT2D eigenvalue weighted by molar-refractivity contribution is 7.89. The first-order valence-corrected chi connectivity index (χ1v) is 11.8. The third-order valence-electron chi connectivity index (χ3n) is 3.81. The quantitative estimate of drug-likeness (QED) is 0.0999. The van der Waals surface area contributed by atoms with Crippen molar-refractivity contribution in [3.8, 4) is 5.75 Å². The molecule has 0 fully saturated rings. The van der Waals surface area contributed by atoms with E-state index in [0.717, 1.165) is 0 Å². The summed E-state index contributed by atoms with van der Waals surface area (Å²) in [6.07, 6.45) is -3.29. The lowest BCUT2D eigenvalue weighted by Gasteiger charge is -2.15. The SMILES string of the molecule is CCCCS(=O)(=O)N[C@@H](Cc1ccc(OCCCON=C(N)N)cc1)C(=O)O.O=C(O)C(F)(F)F. The molecule has 1 aromatic carbocycles. The topological polar surface area (TPSA) is 204 Å². The van der Waals surface area contributed by atoms with Crippen LogP contribution in [0.25, 0.3) is 0 Å². The van der Waals surface area contributed by atoms with E-state index >= 15 is 0 Å². The average molecular weight is 531 g/mol. The number of carboxylic acid groups (broad SMARTS) is 2. The van der Waals surface area contributed by atoms with Crippen LogP contribution < -0.4 is 20.9 Å². The smallest absolute Gasteiger partial charge is 0.490 e. The average Bonchev–Trinajstić information content (AvgIpc) is 2.74. The van der Waals surface area contributed by atoms with Crippen molar-refractivity contribution in [2.45, 2.75) is 44.8 Å². The highest BCUT2D eigenvalue weighted by Crippen LogP contribution is 2.15. The number of alkyl halides is 3. The Hall–Kier alpha value is -3.27. The van der Waals surface area contributed by atoms with E-state index < -0.39 is 34.2 Å². The van der Waals surface area contributed by atoms with Crippen LogP contribution in [0.15, 0.2) is 29.4 Å². The minimum atomic E-state index is -5.08. The number of aliphatic carboxylic acids is 2. The second-order valence-electron chi connectivity index (χ2n) is 6.88. The first-order valence-electron chi connectivity index (χ1n) is 10.1.